The molecule has 0 rings (SSSR count). The van der Waals surface area contributed by atoms with Gasteiger partial charge in [0.15, 0.2) is 6.10 Å². The lowest BCUT2D eigenvalue weighted by molar-refractivity contribution is -0.166. The van der Waals surface area contributed by atoms with Gasteiger partial charge >= 0.3 is 17.9 Å². The molecule has 6 nitrogen and oxygen atoms in total. The van der Waals surface area contributed by atoms with Crippen molar-refractivity contribution in [3.63, 3.8) is 0 Å². The molecule has 0 bridgehead atoms. The van der Waals surface area contributed by atoms with Crippen molar-refractivity contribution in [2.75, 3.05) is 13.2 Å². The first-order valence-electron chi connectivity index (χ1n) is 24.4. The molecule has 0 saturated carbocycles. The van der Waals surface area contributed by atoms with E-state index in [-0.39, 0.29) is 37.5 Å². The van der Waals surface area contributed by atoms with Gasteiger partial charge in [-0.15, -0.1) is 0 Å². The molecular formula is C55H88O6. The molecule has 0 aliphatic carbocycles. The van der Waals surface area contributed by atoms with Crippen LogP contribution in [-0.4, -0.2) is 37.2 Å². The van der Waals surface area contributed by atoms with Crippen molar-refractivity contribution >= 4 is 17.9 Å². The van der Waals surface area contributed by atoms with Crippen LogP contribution in [-0.2, 0) is 28.6 Å². The SMILES string of the molecule is CC/C=C\C/C=C\C/C=C\C/C=C\C/C=C\C/C=C\CCC(=O)OCC(COC(=O)CCCCCCC)OC(=O)CCCCCCCC/C=C\C/C=C\C/C=C\CCCCC. The van der Waals surface area contributed by atoms with Crippen LogP contribution in [0.2, 0.25) is 0 Å². The molecule has 0 aromatic carbocycles. The predicted octanol–water partition coefficient (Wildman–Crippen LogP) is 16.0. The summed E-state index contributed by atoms with van der Waals surface area (Å²) in [5.74, 6) is -1.03. The van der Waals surface area contributed by atoms with Crippen LogP contribution in [0.3, 0.4) is 0 Å². The first-order chi connectivity index (χ1) is 30.0. The summed E-state index contributed by atoms with van der Waals surface area (Å²) in [4.78, 5) is 37.6. The fourth-order valence-corrected chi connectivity index (χ4v) is 6.12. The lowest BCUT2D eigenvalue weighted by Gasteiger charge is -2.18. The van der Waals surface area contributed by atoms with E-state index in [0.29, 0.717) is 19.3 Å². The topological polar surface area (TPSA) is 78.9 Å². The number of hydrogen-bond acceptors (Lipinski definition) is 6. The van der Waals surface area contributed by atoms with Crippen molar-refractivity contribution in [3.05, 3.63) is 109 Å². The van der Waals surface area contributed by atoms with Crippen LogP contribution in [0.25, 0.3) is 0 Å². The number of hydrogen-bond donors (Lipinski definition) is 0. The fraction of sp³-hybridized carbons (Fsp3) is 0.618. The van der Waals surface area contributed by atoms with Gasteiger partial charge in [-0.1, -0.05) is 194 Å². The molecule has 61 heavy (non-hydrogen) atoms. The van der Waals surface area contributed by atoms with E-state index >= 15 is 0 Å². The minimum atomic E-state index is -0.813. The molecule has 1 atom stereocenters. The number of esters is 3. The molecule has 0 saturated heterocycles. The van der Waals surface area contributed by atoms with Crippen molar-refractivity contribution in [2.45, 2.75) is 207 Å². The van der Waals surface area contributed by atoms with E-state index in [1.54, 1.807) is 0 Å². The second-order valence-corrected chi connectivity index (χ2v) is 15.6. The average molecular weight is 845 g/mol. The highest BCUT2D eigenvalue weighted by atomic mass is 16.6. The number of ether oxygens (including phenoxy) is 3. The number of carbonyl (C=O) groups is 3. The maximum absolute atomic E-state index is 12.7. The molecule has 0 fully saturated rings. The van der Waals surface area contributed by atoms with E-state index in [2.05, 4.69) is 118 Å². The predicted molar refractivity (Wildman–Crippen MR) is 260 cm³/mol. The Balaban J connectivity index is 4.36. The van der Waals surface area contributed by atoms with Gasteiger partial charge in [-0.25, -0.2) is 0 Å². The van der Waals surface area contributed by atoms with E-state index in [9.17, 15) is 14.4 Å². The van der Waals surface area contributed by atoms with Crippen LogP contribution in [0.15, 0.2) is 109 Å². The fourth-order valence-electron chi connectivity index (χ4n) is 6.12. The number of carbonyl (C=O) groups excluding carboxylic acids is 3. The third-order valence-corrected chi connectivity index (χ3v) is 9.78. The zero-order chi connectivity index (χ0) is 44.4. The smallest absolute Gasteiger partial charge is 0.306 e. The van der Waals surface area contributed by atoms with Crippen molar-refractivity contribution < 1.29 is 28.6 Å². The first kappa shape index (κ1) is 57.1. The van der Waals surface area contributed by atoms with E-state index in [1.165, 1.54) is 38.5 Å². The number of unbranched alkanes of at least 4 members (excludes halogenated alkanes) is 13. The van der Waals surface area contributed by atoms with Gasteiger partial charge in [0.1, 0.15) is 13.2 Å². The van der Waals surface area contributed by atoms with Crippen molar-refractivity contribution in [1.29, 1.82) is 0 Å². The quantitative estimate of drug-likeness (QED) is 0.0264. The summed E-state index contributed by atoms with van der Waals surface area (Å²) < 4.78 is 16.6. The van der Waals surface area contributed by atoms with Crippen LogP contribution in [0.1, 0.15) is 201 Å². The third-order valence-electron chi connectivity index (χ3n) is 9.78. The van der Waals surface area contributed by atoms with Crippen LogP contribution in [0.4, 0.5) is 0 Å². The van der Waals surface area contributed by atoms with Gasteiger partial charge in [-0.3, -0.25) is 14.4 Å². The molecule has 0 N–H and O–H groups in total. The van der Waals surface area contributed by atoms with Gasteiger partial charge in [0, 0.05) is 19.3 Å². The summed E-state index contributed by atoms with van der Waals surface area (Å²) in [6.07, 6.45) is 65.4. The second kappa shape index (κ2) is 48.7. The van der Waals surface area contributed by atoms with Gasteiger partial charge in [-0.05, 0) is 96.3 Å². The van der Waals surface area contributed by atoms with Gasteiger partial charge in [0.25, 0.3) is 0 Å². The van der Waals surface area contributed by atoms with Gasteiger partial charge < -0.3 is 14.2 Å². The molecule has 0 aromatic rings. The summed E-state index contributed by atoms with van der Waals surface area (Å²) in [7, 11) is 0. The Morgan fingerprint density at radius 1 is 0.344 bits per heavy atom. The molecular weight excluding hydrogens is 757 g/mol. The van der Waals surface area contributed by atoms with Gasteiger partial charge in [0.2, 0.25) is 0 Å². The first-order valence-corrected chi connectivity index (χ1v) is 24.4. The summed E-state index contributed by atoms with van der Waals surface area (Å²) >= 11 is 0. The standard InChI is InChI=1S/C55H88O6/c1-4-7-10-13-15-17-19-21-23-25-27-29-31-33-35-37-39-42-45-48-54(57)60-51-52(50-59-53(56)47-44-41-12-9-6-3)61-55(58)49-46-43-40-38-36-34-32-30-28-26-24-22-20-18-16-14-11-8-5-2/h7,10,15-18,21-24,27-30,33,35,39,42,52H,4-6,8-9,11-14,19-20,25-26,31-32,34,36-38,40-41,43-51H2,1-3H3/b10-7-,17-15-,18-16-,23-21-,24-22-,29-27-,30-28-,35-33-,42-39-. The average Bonchev–Trinajstić information content (AvgIpc) is 3.26. The monoisotopic (exact) mass is 845 g/mol. The zero-order valence-corrected chi connectivity index (χ0v) is 39.1. The van der Waals surface area contributed by atoms with Crippen LogP contribution in [0.5, 0.6) is 0 Å². The Morgan fingerprint density at radius 2 is 0.672 bits per heavy atom. The maximum Gasteiger partial charge on any atom is 0.306 e. The van der Waals surface area contributed by atoms with E-state index in [0.717, 1.165) is 116 Å². The number of allylic oxidation sites excluding steroid dienone is 18. The molecule has 0 aliphatic rings. The molecule has 6 heteroatoms. The molecule has 1 unspecified atom stereocenters. The molecule has 0 amide bonds. The highest BCUT2D eigenvalue weighted by Gasteiger charge is 2.19. The Morgan fingerprint density at radius 3 is 1.13 bits per heavy atom. The van der Waals surface area contributed by atoms with Gasteiger partial charge in [-0.2, -0.15) is 0 Å². The Hall–Kier alpha value is -3.93. The summed E-state index contributed by atoms with van der Waals surface area (Å²) in [6, 6.07) is 0. The van der Waals surface area contributed by atoms with Crippen LogP contribution >= 0.6 is 0 Å². The Labute approximate surface area is 374 Å². The zero-order valence-electron chi connectivity index (χ0n) is 39.1. The molecule has 0 aliphatic heterocycles. The molecule has 0 spiro atoms. The van der Waals surface area contributed by atoms with E-state index in [4.69, 9.17) is 14.2 Å². The summed E-state index contributed by atoms with van der Waals surface area (Å²) in [6.45, 7) is 6.31. The van der Waals surface area contributed by atoms with Gasteiger partial charge in [0.05, 0.1) is 0 Å². The Kier molecular flexibility index (Phi) is 45.6. The molecule has 0 heterocycles. The summed E-state index contributed by atoms with van der Waals surface area (Å²) in [5.41, 5.74) is 0. The van der Waals surface area contributed by atoms with Crippen LogP contribution in [0, 0.1) is 0 Å². The maximum atomic E-state index is 12.7. The molecule has 344 valence electrons. The minimum Gasteiger partial charge on any atom is -0.462 e. The Bertz CT molecular complexity index is 1290. The van der Waals surface area contributed by atoms with E-state index < -0.39 is 6.10 Å². The second-order valence-electron chi connectivity index (χ2n) is 15.6. The lowest BCUT2D eigenvalue weighted by Crippen LogP contribution is -2.30. The van der Waals surface area contributed by atoms with Crippen molar-refractivity contribution in [1.82, 2.24) is 0 Å². The van der Waals surface area contributed by atoms with Crippen LogP contribution < -0.4 is 0 Å². The molecule has 0 radical (unpaired) electrons. The third kappa shape index (κ3) is 47.0. The minimum absolute atomic E-state index is 0.110. The number of rotatable bonds is 42. The molecule has 0 aromatic heterocycles. The van der Waals surface area contributed by atoms with Crippen molar-refractivity contribution in [2.24, 2.45) is 0 Å². The highest BCUT2D eigenvalue weighted by molar-refractivity contribution is 5.71. The highest BCUT2D eigenvalue weighted by Crippen LogP contribution is 2.12. The van der Waals surface area contributed by atoms with E-state index in [1.807, 2.05) is 12.2 Å². The summed E-state index contributed by atoms with van der Waals surface area (Å²) in [5, 5.41) is 0. The normalized spacial score (nSPS) is 13.0. The van der Waals surface area contributed by atoms with Crippen molar-refractivity contribution in [3.8, 4) is 0 Å². The lowest BCUT2D eigenvalue weighted by atomic mass is 10.1. The largest absolute Gasteiger partial charge is 0.462 e.